The molecular formula is C20H26N2O2. The van der Waals surface area contributed by atoms with Gasteiger partial charge in [0.1, 0.15) is 5.75 Å². The van der Waals surface area contributed by atoms with Gasteiger partial charge >= 0.3 is 6.03 Å². The Morgan fingerprint density at radius 3 is 2.46 bits per heavy atom. The number of rotatable bonds is 8. The van der Waals surface area contributed by atoms with Crippen LogP contribution in [-0.4, -0.2) is 19.3 Å². The fraction of sp³-hybridized carbons (Fsp3) is 0.350. The molecule has 24 heavy (non-hydrogen) atoms. The van der Waals surface area contributed by atoms with Crippen LogP contribution in [0.1, 0.15) is 30.0 Å². The number of carbonyl (C=O) groups excluding carboxylic acids is 1. The maximum Gasteiger partial charge on any atom is 0.317 e. The van der Waals surface area contributed by atoms with Gasteiger partial charge in [0, 0.05) is 6.54 Å². The summed E-state index contributed by atoms with van der Waals surface area (Å²) in [5, 5.41) is 5.54. The third kappa shape index (κ3) is 5.95. The molecule has 0 saturated heterocycles. The summed E-state index contributed by atoms with van der Waals surface area (Å²) in [6, 6.07) is 16.0. The minimum Gasteiger partial charge on any atom is -0.473 e. The molecule has 0 aromatic heterocycles. The Kier molecular flexibility index (Phi) is 7.15. The van der Waals surface area contributed by atoms with Crippen LogP contribution >= 0.6 is 0 Å². The summed E-state index contributed by atoms with van der Waals surface area (Å²) in [5.41, 5.74) is 3.79. The second kappa shape index (κ2) is 9.60. The molecule has 2 aromatic carbocycles. The highest BCUT2D eigenvalue weighted by molar-refractivity contribution is 5.73. The molecule has 0 bridgehead atoms. The van der Waals surface area contributed by atoms with E-state index in [1.807, 2.05) is 24.3 Å². The zero-order valence-corrected chi connectivity index (χ0v) is 14.5. The predicted molar refractivity (Wildman–Crippen MR) is 97.3 cm³/mol. The molecule has 0 atom stereocenters. The molecule has 0 spiro atoms. The Labute approximate surface area is 144 Å². The number of urea groups is 1. The number of hydrogen-bond donors (Lipinski definition) is 2. The van der Waals surface area contributed by atoms with Gasteiger partial charge in [-0.15, -0.1) is 0 Å². The van der Waals surface area contributed by atoms with Gasteiger partial charge in [0.05, 0.1) is 0 Å². The molecule has 0 aliphatic rings. The molecule has 0 unspecified atom stereocenters. The summed E-state index contributed by atoms with van der Waals surface area (Å²) in [5.74, 6) is 0.759. The summed E-state index contributed by atoms with van der Waals surface area (Å²) in [7, 11) is 0. The van der Waals surface area contributed by atoms with Crippen molar-refractivity contribution in [1.29, 1.82) is 0 Å². The molecule has 0 aliphatic heterocycles. The van der Waals surface area contributed by atoms with Gasteiger partial charge < -0.3 is 15.4 Å². The molecule has 2 aromatic rings. The van der Waals surface area contributed by atoms with Crippen LogP contribution in [0.3, 0.4) is 0 Å². The first kappa shape index (κ1) is 17.9. The van der Waals surface area contributed by atoms with Crippen molar-refractivity contribution in [3.05, 3.63) is 65.2 Å². The second-order valence-corrected chi connectivity index (χ2v) is 5.79. The van der Waals surface area contributed by atoms with Crippen LogP contribution < -0.4 is 15.4 Å². The van der Waals surface area contributed by atoms with Gasteiger partial charge in [-0.3, -0.25) is 0 Å². The van der Waals surface area contributed by atoms with Gasteiger partial charge in [-0.05, 0) is 48.6 Å². The monoisotopic (exact) mass is 326 g/mol. The molecule has 4 heteroatoms. The third-order valence-electron chi connectivity index (χ3n) is 3.87. The zero-order chi connectivity index (χ0) is 17.2. The predicted octanol–water partition coefficient (Wildman–Crippen LogP) is 3.83. The molecule has 2 amide bonds. The Hall–Kier alpha value is -2.49. The van der Waals surface area contributed by atoms with Crippen molar-refractivity contribution in [2.45, 2.75) is 33.1 Å². The van der Waals surface area contributed by atoms with Crippen molar-refractivity contribution in [3.8, 4) is 5.75 Å². The van der Waals surface area contributed by atoms with Crippen LogP contribution in [-0.2, 0) is 12.8 Å². The van der Waals surface area contributed by atoms with Gasteiger partial charge in [0.2, 0.25) is 0 Å². The fourth-order valence-corrected chi connectivity index (χ4v) is 2.49. The van der Waals surface area contributed by atoms with Crippen LogP contribution in [0.4, 0.5) is 4.79 Å². The first-order valence-electron chi connectivity index (χ1n) is 8.47. The van der Waals surface area contributed by atoms with Crippen LogP contribution in [0.25, 0.3) is 0 Å². The van der Waals surface area contributed by atoms with Crippen molar-refractivity contribution >= 4 is 6.03 Å². The van der Waals surface area contributed by atoms with E-state index in [0.29, 0.717) is 6.54 Å². The van der Waals surface area contributed by atoms with Gasteiger partial charge in [-0.1, -0.05) is 49.7 Å². The number of carbonyl (C=O) groups is 1. The quantitative estimate of drug-likeness (QED) is 0.725. The summed E-state index contributed by atoms with van der Waals surface area (Å²) >= 11 is 0. The molecule has 128 valence electrons. The lowest BCUT2D eigenvalue weighted by Gasteiger charge is -2.10. The summed E-state index contributed by atoms with van der Waals surface area (Å²) in [6.07, 6.45) is 3.02. The Morgan fingerprint density at radius 1 is 1.00 bits per heavy atom. The molecule has 0 saturated carbocycles. The fourth-order valence-electron chi connectivity index (χ4n) is 2.49. The van der Waals surface area contributed by atoms with E-state index in [2.05, 4.69) is 48.7 Å². The highest BCUT2D eigenvalue weighted by atomic mass is 16.5. The van der Waals surface area contributed by atoms with E-state index < -0.39 is 0 Å². The van der Waals surface area contributed by atoms with Crippen LogP contribution in [0.2, 0.25) is 0 Å². The molecule has 0 heterocycles. The van der Waals surface area contributed by atoms with Gasteiger partial charge in [0.15, 0.2) is 6.73 Å². The summed E-state index contributed by atoms with van der Waals surface area (Å²) in [6.45, 7) is 4.99. The van der Waals surface area contributed by atoms with E-state index in [4.69, 9.17) is 4.74 Å². The second-order valence-electron chi connectivity index (χ2n) is 5.79. The number of hydrogen-bond acceptors (Lipinski definition) is 2. The molecule has 2 N–H and O–H groups in total. The lowest BCUT2D eigenvalue weighted by Crippen LogP contribution is -2.38. The molecular weight excluding hydrogens is 300 g/mol. The SMILES string of the molecule is CCCc1ccc(OCNC(=O)NCCc2ccccc2C)cc1. The van der Waals surface area contributed by atoms with E-state index >= 15 is 0 Å². The number of amides is 2. The van der Waals surface area contributed by atoms with E-state index in [0.717, 1.165) is 25.0 Å². The van der Waals surface area contributed by atoms with Crippen LogP contribution in [0.15, 0.2) is 48.5 Å². The molecule has 0 radical (unpaired) electrons. The Balaban J connectivity index is 1.63. The van der Waals surface area contributed by atoms with E-state index in [1.54, 1.807) is 0 Å². The number of benzene rings is 2. The number of nitrogens with one attached hydrogen (secondary N) is 2. The average molecular weight is 326 g/mol. The van der Waals surface area contributed by atoms with Gasteiger partial charge in [0.25, 0.3) is 0 Å². The van der Waals surface area contributed by atoms with Crippen LogP contribution in [0.5, 0.6) is 5.75 Å². The maximum atomic E-state index is 11.7. The van der Waals surface area contributed by atoms with E-state index in [-0.39, 0.29) is 12.8 Å². The Bertz CT molecular complexity index is 638. The van der Waals surface area contributed by atoms with Crippen molar-refractivity contribution in [2.75, 3.05) is 13.3 Å². The number of ether oxygens (including phenoxy) is 1. The standard InChI is InChI=1S/C20H26N2O2/c1-3-6-17-9-11-19(12-10-17)24-15-22-20(23)21-14-13-18-8-5-4-7-16(18)2/h4-5,7-12H,3,6,13-15H2,1-2H3,(H2,21,22,23). The van der Waals surface area contributed by atoms with Gasteiger partial charge in [-0.2, -0.15) is 0 Å². The minimum absolute atomic E-state index is 0.156. The van der Waals surface area contributed by atoms with E-state index in [1.165, 1.54) is 16.7 Å². The highest BCUT2D eigenvalue weighted by Crippen LogP contribution is 2.12. The van der Waals surface area contributed by atoms with Crippen molar-refractivity contribution in [1.82, 2.24) is 10.6 Å². The summed E-state index contributed by atoms with van der Waals surface area (Å²) in [4.78, 5) is 11.7. The smallest absolute Gasteiger partial charge is 0.317 e. The lowest BCUT2D eigenvalue weighted by molar-refractivity contribution is 0.224. The zero-order valence-electron chi connectivity index (χ0n) is 14.5. The number of aryl methyl sites for hydroxylation is 2. The molecule has 4 nitrogen and oxygen atoms in total. The topological polar surface area (TPSA) is 50.4 Å². The summed E-state index contributed by atoms with van der Waals surface area (Å²) < 4.78 is 5.52. The molecule has 0 fully saturated rings. The van der Waals surface area contributed by atoms with Crippen molar-refractivity contribution in [3.63, 3.8) is 0 Å². The Morgan fingerprint density at radius 2 is 1.75 bits per heavy atom. The highest BCUT2D eigenvalue weighted by Gasteiger charge is 2.02. The average Bonchev–Trinajstić information content (AvgIpc) is 2.58. The largest absolute Gasteiger partial charge is 0.473 e. The third-order valence-corrected chi connectivity index (χ3v) is 3.87. The molecule has 0 aliphatic carbocycles. The normalized spacial score (nSPS) is 10.2. The van der Waals surface area contributed by atoms with Crippen LogP contribution in [0, 0.1) is 6.92 Å². The molecule has 2 rings (SSSR count). The van der Waals surface area contributed by atoms with E-state index in [9.17, 15) is 4.79 Å². The van der Waals surface area contributed by atoms with Gasteiger partial charge in [-0.25, -0.2) is 4.79 Å². The first-order valence-corrected chi connectivity index (χ1v) is 8.47. The first-order chi connectivity index (χ1) is 11.7. The van der Waals surface area contributed by atoms with Crippen molar-refractivity contribution in [2.24, 2.45) is 0 Å². The van der Waals surface area contributed by atoms with Crippen molar-refractivity contribution < 1.29 is 9.53 Å². The maximum absolute atomic E-state index is 11.7. The lowest BCUT2D eigenvalue weighted by atomic mass is 10.1. The minimum atomic E-state index is -0.216.